The van der Waals surface area contributed by atoms with Gasteiger partial charge in [-0.2, -0.15) is 0 Å². The van der Waals surface area contributed by atoms with Crippen LogP contribution in [-0.2, 0) is 0 Å². The summed E-state index contributed by atoms with van der Waals surface area (Å²) in [7, 11) is 0. The van der Waals surface area contributed by atoms with Crippen LogP contribution in [0.5, 0.6) is 0 Å². The van der Waals surface area contributed by atoms with Crippen LogP contribution in [0.4, 0.5) is 11.4 Å². The molecule has 2 heterocycles. The summed E-state index contributed by atoms with van der Waals surface area (Å²) in [5, 5.41) is 7.42. The zero-order valence-electron chi connectivity index (χ0n) is 30.0. The maximum atomic E-state index is 6.68. The second-order valence-electron chi connectivity index (χ2n) is 14.3. The van der Waals surface area contributed by atoms with Crippen LogP contribution in [0.1, 0.15) is 6.42 Å². The second kappa shape index (κ2) is 13.0. The third-order valence-electron chi connectivity index (χ3n) is 11.2. The predicted molar refractivity (Wildman–Crippen MR) is 235 cm³/mol. The Balaban J connectivity index is 1.08. The predicted octanol–water partition coefficient (Wildman–Crippen LogP) is 13.1. The Hall–Kier alpha value is -6.68. The Bertz CT molecular complexity index is 3180. The number of hydrogen-bond donors (Lipinski definition) is 0. The van der Waals surface area contributed by atoms with Crippen molar-refractivity contribution in [3.05, 3.63) is 192 Å². The van der Waals surface area contributed by atoms with Gasteiger partial charge in [0.15, 0.2) is 0 Å². The molecule has 0 radical (unpaired) electrons. The number of anilines is 2. The first kappa shape index (κ1) is 31.8. The summed E-state index contributed by atoms with van der Waals surface area (Å²) in [6.07, 6.45) is 5.86. The lowest BCUT2D eigenvalue weighted by Gasteiger charge is -2.34. The molecule has 0 aliphatic heterocycles. The fraction of sp³-hybridized carbons (Fsp3) is 0.0385. The Morgan fingerprint density at radius 2 is 1.13 bits per heavy atom. The van der Waals surface area contributed by atoms with Crippen LogP contribution < -0.4 is 14.7 Å². The molecule has 55 heavy (non-hydrogen) atoms. The van der Waals surface area contributed by atoms with Gasteiger partial charge in [-0.15, -0.1) is 11.3 Å². The van der Waals surface area contributed by atoms with Gasteiger partial charge in [-0.1, -0.05) is 158 Å². The normalized spacial score (nSPS) is 13.9. The van der Waals surface area contributed by atoms with Crippen LogP contribution in [-0.4, -0.2) is 6.04 Å². The average molecular weight is 722 g/mol. The van der Waals surface area contributed by atoms with Gasteiger partial charge >= 0.3 is 0 Å². The third-order valence-corrected chi connectivity index (χ3v) is 12.4. The van der Waals surface area contributed by atoms with Crippen molar-refractivity contribution in [1.29, 1.82) is 0 Å². The lowest BCUT2D eigenvalue weighted by Crippen LogP contribution is -2.36. The molecule has 2 aromatic heterocycles. The molecular weight excluding hydrogens is 687 g/mol. The second-order valence-corrected chi connectivity index (χ2v) is 15.4. The molecule has 0 saturated heterocycles. The number of hydrogen-bond acceptors (Lipinski definition) is 3. The quantitative estimate of drug-likeness (QED) is 0.170. The molecule has 11 rings (SSSR count). The highest BCUT2D eigenvalue weighted by molar-refractivity contribution is 7.17. The summed E-state index contributed by atoms with van der Waals surface area (Å²) < 4.78 is 9.38. The highest BCUT2D eigenvalue weighted by Gasteiger charge is 2.24. The van der Waals surface area contributed by atoms with Crippen LogP contribution in [0.15, 0.2) is 186 Å². The van der Waals surface area contributed by atoms with Gasteiger partial charge in [0.1, 0.15) is 11.2 Å². The fourth-order valence-electron chi connectivity index (χ4n) is 8.71. The molecule has 0 N–H and O–H groups in total. The fourth-order valence-corrected chi connectivity index (χ4v) is 9.85. The van der Waals surface area contributed by atoms with Gasteiger partial charge in [-0.05, 0) is 86.6 Å². The SMILES string of the molecule is C1=c2sc3ccccc3c2=CC(N(c2ccc(-c3cccc4oc5cc(-c6ccccc6)c6ccccc6c5c34)cc2)c2ccccc2-c2ccccc2)C1. The van der Waals surface area contributed by atoms with Crippen LogP contribution in [0, 0.1) is 0 Å². The topological polar surface area (TPSA) is 16.4 Å². The molecule has 0 amide bonds. The largest absolute Gasteiger partial charge is 0.456 e. The number of thiophene rings is 1. The molecule has 0 spiro atoms. The van der Waals surface area contributed by atoms with Crippen molar-refractivity contribution < 1.29 is 4.42 Å². The van der Waals surface area contributed by atoms with E-state index in [1.165, 1.54) is 64.1 Å². The molecule has 1 unspecified atom stereocenters. The first-order valence-corrected chi connectivity index (χ1v) is 19.8. The van der Waals surface area contributed by atoms with E-state index in [1.807, 2.05) is 11.3 Å². The van der Waals surface area contributed by atoms with Crippen LogP contribution in [0.25, 0.3) is 88.3 Å². The van der Waals surface area contributed by atoms with E-state index in [0.29, 0.717) is 0 Å². The molecular formula is C52H35NOS. The van der Waals surface area contributed by atoms with Gasteiger partial charge in [0.05, 0.1) is 6.04 Å². The smallest absolute Gasteiger partial charge is 0.136 e. The Labute approximate surface area is 323 Å². The minimum absolute atomic E-state index is 0.132. The maximum Gasteiger partial charge on any atom is 0.136 e. The van der Waals surface area contributed by atoms with Gasteiger partial charge < -0.3 is 9.32 Å². The summed E-state index contributed by atoms with van der Waals surface area (Å²) in [5.41, 5.74) is 11.3. The van der Waals surface area contributed by atoms with Crippen molar-refractivity contribution in [2.45, 2.75) is 12.5 Å². The highest BCUT2D eigenvalue weighted by atomic mass is 32.1. The molecule has 1 aliphatic rings. The van der Waals surface area contributed by atoms with Crippen molar-refractivity contribution >= 4 is 77.7 Å². The number of fused-ring (bicyclic) bond motifs is 8. The summed E-state index contributed by atoms with van der Waals surface area (Å²) >= 11 is 1.89. The summed E-state index contributed by atoms with van der Waals surface area (Å²) in [5.74, 6) is 0. The van der Waals surface area contributed by atoms with Gasteiger partial charge in [-0.3, -0.25) is 0 Å². The summed E-state index contributed by atoms with van der Waals surface area (Å²) in [4.78, 5) is 2.55. The van der Waals surface area contributed by atoms with E-state index in [4.69, 9.17) is 4.42 Å². The van der Waals surface area contributed by atoms with Crippen LogP contribution in [0.2, 0.25) is 0 Å². The van der Waals surface area contributed by atoms with Crippen molar-refractivity contribution in [1.82, 2.24) is 0 Å². The first-order valence-electron chi connectivity index (χ1n) is 18.9. The monoisotopic (exact) mass is 721 g/mol. The Morgan fingerprint density at radius 1 is 0.491 bits per heavy atom. The molecule has 1 aliphatic carbocycles. The zero-order chi connectivity index (χ0) is 36.3. The number of rotatable bonds is 6. The van der Waals surface area contributed by atoms with Gasteiger partial charge in [0, 0.05) is 42.3 Å². The van der Waals surface area contributed by atoms with E-state index in [9.17, 15) is 0 Å². The minimum atomic E-state index is 0.132. The molecule has 260 valence electrons. The number of nitrogens with zero attached hydrogens (tertiary/aromatic N) is 1. The molecule has 3 heteroatoms. The molecule has 1 atom stereocenters. The molecule has 8 aromatic carbocycles. The van der Waals surface area contributed by atoms with E-state index >= 15 is 0 Å². The standard InChI is InChI=1S/C52H35NOS/c1-3-14-34(15-4-1)39-18-9-11-23-46(39)53(38-30-31-50-45(32-38)42-20-10-12-25-49(42)55-50)37-28-26-36(27-29-37)40-22-13-24-47-51(40)52-43-21-8-7-19-41(43)44(33-48(52)54-47)35-16-5-2-6-17-35/h1-29,31-33,38H,30H2. The van der Waals surface area contributed by atoms with E-state index < -0.39 is 0 Å². The van der Waals surface area contributed by atoms with E-state index in [-0.39, 0.29) is 6.04 Å². The van der Waals surface area contributed by atoms with Crippen LogP contribution >= 0.6 is 11.3 Å². The minimum Gasteiger partial charge on any atom is -0.456 e. The van der Waals surface area contributed by atoms with E-state index in [0.717, 1.165) is 39.6 Å². The molecule has 2 nitrogen and oxygen atoms in total. The van der Waals surface area contributed by atoms with Gasteiger partial charge in [0.25, 0.3) is 0 Å². The van der Waals surface area contributed by atoms with Crippen molar-refractivity contribution in [3.8, 4) is 33.4 Å². The molecule has 10 aromatic rings. The summed E-state index contributed by atoms with van der Waals surface area (Å²) in [6.45, 7) is 0. The van der Waals surface area contributed by atoms with E-state index in [1.54, 1.807) is 0 Å². The Kier molecular flexibility index (Phi) is 7.53. The van der Waals surface area contributed by atoms with Crippen LogP contribution in [0.3, 0.4) is 0 Å². The van der Waals surface area contributed by atoms with Crippen molar-refractivity contribution in [2.24, 2.45) is 0 Å². The lowest BCUT2D eigenvalue weighted by molar-refractivity contribution is 0.669. The molecule has 0 saturated carbocycles. The molecule has 0 bridgehead atoms. The number of para-hydroxylation sites is 1. The molecule has 0 fully saturated rings. The van der Waals surface area contributed by atoms with E-state index in [2.05, 4.69) is 199 Å². The third kappa shape index (κ3) is 5.31. The lowest BCUT2D eigenvalue weighted by atomic mass is 9.92. The Morgan fingerprint density at radius 3 is 1.93 bits per heavy atom. The maximum absolute atomic E-state index is 6.68. The average Bonchev–Trinajstić information content (AvgIpc) is 3.83. The number of benzene rings is 8. The van der Waals surface area contributed by atoms with Gasteiger partial charge in [-0.25, -0.2) is 0 Å². The highest BCUT2D eigenvalue weighted by Crippen LogP contribution is 2.44. The first-order chi connectivity index (χ1) is 27.3. The zero-order valence-corrected chi connectivity index (χ0v) is 30.8. The summed E-state index contributed by atoms with van der Waals surface area (Å²) in [6, 6.07) is 65.8. The van der Waals surface area contributed by atoms with Crippen molar-refractivity contribution in [2.75, 3.05) is 4.90 Å². The number of furan rings is 1. The van der Waals surface area contributed by atoms with Gasteiger partial charge in [0.2, 0.25) is 0 Å². The van der Waals surface area contributed by atoms with Crippen molar-refractivity contribution in [3.63, 3.8) is 0 Å².